The van der Waals surface area contributed by atoms with E-state index in [0.29, 0.717) is 6.07 Å². The van der Waals surface area contributed by atoms with Gasteiger partial charge in [0.05, 0.1) is 36.7 Å². The van der Waals surface area contributed by atoms with E-state index < -0.39 is 29.0 Å². The molecule has 1 aromatic carbocycles. The first-order valence-electron chi connectivity index (χ1n) is 6.60. The molecule has 0 atom stereocenters. The van der Waals surface area contributed by atoms with Crippen molar-refractivity contribution in [2.75, 3.05) is 19.7 Å². The number of alkyl halides is 3. The molecule has 1 heterocycles. The molecule has 0 amide bonds. The Balaban J connectivity index is 2.83. The number of anilines is 1. The van der Waals surface area contributed by atoms with Crippen molar-refractivity contribution >= 4 is 11.7 Å². The van der Waals surface area contributed by atoms with Gasteiger partial charge in [0.2, 0.25) is 0 Å². The Hall–Kier alpha value is -2.81. The zero-order valence-corrected chi connectivity index (χ0v) is 12.7. The Labute approximate surface area is 134 Å². The molecule has 9 heteroatoms. The summed E-state index contributed by atoms with van der Waals surface area (Å²) in [4.78, 5) is 28.4. The van der Waals surface area contributed by atoms with Gasteiger partial charge in [0.15, 0.2) is 0 Å². The lowest BCUT2D eigenvalue weighted by atomic mass is 10.1. The number of methoxy groups -OCH3 is 1. The van der Waals surface area contributed by atoms with Gasteiger partial charge < -0.3 is 4.74 Å². The van der Waals surface area contributed by atoms with E-state index in [1.165, 1.54) is 25.4 Å². The predicted octanol–water partition coefficient (Wildman–Crippen LogP) is 2.62. The molecule has 0 fully saturated rings. The molecule has 0 spiro atoms. The van der Waals surface area contributed by atoms with Crippen molar-refractivity contribution in [3.63, 3.8) is 0 Å². The number of carbonyl (C=O) groups excluding carboxylic acids is 1. The second kappa shape index (κ2) is 6.75. The second-order valence-corrected chi connectivity index (χ2v) is 4.62. The van der Waals surface area contributed by atoms with E-state index in [1.54, 1.807) is 0 Å². The number of pyridine rings is 1. The third-order valence-electron chi connectivity index (χ3n) is 3.14. The first kappa shape index (κ1) is 17.5. The fraction of sp³-hybridized carbons (Fsp3) is 0.200. The van der Waals surface area contributed by atoms with Gasteiger partial charge in [0.1, 0.15) is 0 Å². The number of hydrogen-bond donors (Lipinski definition) is 1. The fourth-order valence-electron chi connectivity index (χ4n) is 2.11. The summed E-state index contributed by atoms with van der Waals surface area (Å²) >= 11 is 0. The normalized spacial score (nSPS) is 11.2. The summed E-state index contributed by atoms with van der Waals surface area (Å²) in [6, 6.07) is 5.52. The van der Waals surface area contributed by atoms with Crippen LogP contribution in [0.3, 0.4) is 0 Å². The molecule has 0 radical (unpaired) electrons. The van der Waals surface area contributed by atoms with Crippen LogP contribution in [0.4, 0.5) is 18.9 Å². The Morgan fingerprint density at radius 3 is 2.46 bits per heavy atom. The number of nitrogens with zero attached hydrogens (tertiary/aromatic N) is 1. The summed E-state index contributed by atoms with van der Waals surface area (Å²) in [5.41, 5.74) is -0.507. The highest BCUT2D eigenvalue weighted by Gasteiger charge is 2.36. The first-order chi connectivity index (χ1) is 11.3. The number of halogens is 3. The van der Waals surface area contributed by atoms with Crippen molar-refractivity contribution in [3.8, 4) is 5.69 Å². The fourth-order valence-corrected chi connectivity index (χ4v) is 2.11. The van der Waals surface area contributed by atoms with E-state index in [9.17, 15) is 22.8 Å². The van der Waals surface area contributed by atoms with Gasteiger partial charge in [0, 0.05) is 12.3 Å². The summed E-state index contributed by atoms with van der Waals surface area (Å²) < 4.78 is 45.6. The molecule has 24 heavy (non-hydrogen) atoms. The third-order valence-corrected chi connectivity index (χ3v) is 3.14. The lowest BCUT2D eigenvalue weighted by Gasteiger charge is -2.18. The average molecular weight is 342 g/mol. The lowest BCUT2D eigenvalue weighted by molar-refractivity contribution is -0.137. The molecular weight excluding hydrogens is 329 g/mol. The monoisotopic (exact) mass is 342 g/mol. The number of carbonyl (C=O) groups is 1. The van der Waals surface area contributed by atoms with Crippen LogP contribution in [0.15, 0.2) is 41.3 Å². The molecular formula is C15H13F3N2O4. The van der Waals surface area contributed by atoms with Crippen molar-refractivity contribution in [2.24, 2.45) is 0 Å². The molecule has 2 rings (SSSR count). The van der Waals surface area contributed by atoms with Gasteiger partial charge in [-0.1, -0.05) is 6.07 Å². The summed E-state index contributed by atoms with van der Waals surface area (Å²) in [6.45, 7) is 0. The van der Waals surface area contributed by atoms with Crippen LogP contribution in [-0.2, 0) is 15.8 Å². The van der Waals surface area contributed by atoms with Crippen LogP contribution < -0.4 is 11.0 Å². The standard InChI is InChI=1S/C15H13F3N2O4/c1-23-14(22)9-7-12(20-6-4-3-5-13(20)21)10(15(16,17)18)8-11(9)19-24-2/h3-8,19H,1-2H3. The number of aromatic nitrogens is 1. The average Bonchev–Trinajstić information content (AvgIpc) is 2.54. The molecule has 6 nitrogen and oxygen atoms in total. The summed E-state index contributed by atoms with van der Waals surface area (Å²) in [5.74, 6) is -0.881. The van der Waals surface area contributed by atoms with Crippen molar-refractivity contribution in [1.29, 1.82) is 0 Å². The number of benzene rings is 1. The van der Waals surface area contributed by atoms with E-state index in [1.807, 2.05) is 0 Å². The van der Waals surface area contributed by atoms with Gasteiger partial charge in [-0.25, -0.2) is 4.79 Å². The van der Waals surface area contributed by atoms with Crippen molar-refractivity contribution in [3.05, 3.63) is 58.0 Å². The largest absolute Gasteiger partial charge is 0.465 e. The molecule has 0 aliphatic rings. The second-order valence-electron chi connectivity index (χ2n) is 4.62. The number of nitrogens with one attached hydrogen (secondary N) is 1. The zero-order valence-electron chi connectivity index (χ0n) is 12.7. The molecule has 0 aliphatic carbocycles. The molecule has 1 aromatic heterocycles. The van der Waals surface area contributed by atoms with Crippen LogP contribution in [0, 0.1) is 0 Å². The Bertz CT molecular complexity index is 815. The number of esters is 1. The Morgan fingerprint density at radius 2 is 1.92 bits per heavy atom. The van der Waals surface area contributed by atoms with Crippen LogP contribution in [0.1, 0.15) is 15.9 Å². The van der Waals surface area contributed by atoms with Crippen molar-refractivity contribution in [1.82, 2.24) is 4.57 Å². The van der Waals surface area contributed by atoms with Gasteiger partial charge in [-0.05, 0) is 18.2 Å². The Kier molecular flexibility index (Phi) is 4.93. The molecule has 128 valence electrons. The molecule has 1 N–H and O–H groups in total. The maximum atomic E-state index is 13.4. The molecule has 0 unspecified atom stereocenters. The summed E-state index contributed by atoms with van der Waals surface area (Å²) in [5, 5.41) is 0. The van der Waals surface area contributed by atoms with Crippen LogP contribution in [0.5, 0.6) is 0 Å². The van der Waals surface area contributed by atoms with Crippen LogP contribution in [-0.4, -0.2) is 24.8 Å². The Morgan fingerprint density at radius 1 is 1.21 bits per heavy atom. The van der Waals surface area contributed by atoms with E-state index in [-0.39, 0.29) is 11.3 Å². The minimum absolute atomic E-state index is 0.210. The quantitative estimate of drug-likeness (QED) is 0.683. The van der Waals surface area contributed by atoms with Crippen molar-refractivity contribution < 1.29 is 27.5 Å². The van der Waals surface area contributed by atoms with Crippen molar-refractivity contribution in [2.45, 2.75) is 6.18 Å². The summed E-state index contributed by atoms with van der Waals surface area (Å²) in [6.07, 6.45) is -3.58. The first-order valence-corrected chi connectivity index (χ1v) is 6.60. The number of ether oxygens (including phenoxy) is 1. The molecule has 2 aromatic rings. The number of rotatable bonds is 4. The molecule has 0 aliphatic heterocycles. The van der Waals surface area contributed by atoms with Gasteiger partial charge in [-0.3, -0.25) is 19.7 Å². The minimum atomic E-state index is -4.76. The van der Waals surface area contributed by atoms with Gasteiger partial charge in [0.25, 0.3) is 5.56 Å². The van der Waals surface area contributed by atoms with Crippen LogP contribution in [0.25, 0.3) is 5.69 Å². The van der Waals surface area contributed by atoms with Gasteiger partial charge in [-0.2, -0.15) is 13.2 Å². The minimum Gasteiger partial charge on any atom is -0.465 e. The summed E-state index contributed by atoms with van der Waals surface area (Å²) in [7, 11) is 2.27. The lowest BCUT2D eigenvalue weighted by Crippen LogP contribution is -2.22. The zero-order chi connectivity index (χ0) is 17.9. The number of hydrogen-bond acceptors (Lipinski definition) is 5. The van der Waals surface area contributed by atoms with E-state index >= 15 is 0 Å². The topological polar surface area (TPSA) is 69.6 Å². The van der Waals surface area contributed by atoms with Gasteiger partial charge in [-0.15, -0.1) is 0 Å². The predicted molar refractivity (Wildman–Crippen MR) is 79.0 cm³/mol. The van der Waals surface area contributed by atoms with Crippen LogP contribution >= 0.6 is 0 Å². The smallest absolute Gasteiger partial charge is 0.418 e. The highest BCUT2D eigenvalue weighted by molar-refractivity contribution is 5.96. The van der Waals surface area contributed by atoms with E-state index in [2.05, 4.69) is 15.1 Å². The van der Waals surface area contributed by atoms with Crippen LogP contribution in [0.2, 0.25) is 0 Å². The van der Waals surface area contributed by atoms with Gasteiger partial charge >= 0.3 is 12.1 Å². The van der Waals surface area contributed by atoms with E-state index in [4.69, 9.17) is 0 Å². The maximum Gasteiger partial charge on any atom is 0.418 e. The third kappa shape index (κ3) is 3.40. The molecule has 0 bridgehead atoms. The highest BCUT2D eigenvalue weighted by Crippen LogP contribution is 2.37. The SMILES string of the molecule is CONc1cc(C(F)(F)F)c(-n2ccccc2=O)cc1C(=O)OC. The maximum absolute atomic E-state index is 13.4. The molecule has 0 saturated heterocycles. The van der Waals surface area contributed by atoms with E-state index in [0.717, 1.165) is 23.8 Å². The highest BCUT2D eigenvalue weighted by atomic mass is 19.4. The molecule has 0 saturated carbocycles.